The molecule has 0 fully saturated rings. The number of aryl methyl sites for hydroxylation is 2. The Balaban J connectivity index is 0.000000179. The third kappa shape index (κ3) is 7.48. The zero-order chi connectivity index (χ0) is 35.8. The van der Waals surface area contributed by atoms with Gasteiger partial charge in [-0.2, -0.15) is 30.3 Å². The number of ether oxygens (including phenoxy) is 2. The third-order valence-electron chi connectivity index (χ3n) is 9.45. The summed E-state index contributed by atoms with van der Waals surface area (Å²) < 4.78 is 12.7. The second-order valence-electron chi connectivity index (χ2n) is 14.7. The minimum atomic E-state index is 0. The Bertz CT molecular complexity index is 2400. The summed E-state index contributed by atoms with van der Waals surface area (Å²) in [6.45, 7) is 10.9. The van der Waals surface area contributed by atoms with E-state index in [4.69, 9.17) is 14.5 Å². The van der Waals surface area contributed by atoms with Crippen molar-refractivity contribution in [2.45, 2.75) is 41.0 Å². The van der Waals surface area contributed by atoms with Crippen molar-refractivity contribution >= 4 is 23.1 Å². The number of benzene rings is 5. The molecular weight excluding hydrogens is 828 g/mol. The first-order valence-corrected chi connectivity index (χ1v) is 17.7. The molecule has 2 aromatic heterocycles. The van der Waals surface area contributed by atoms with E-state index in [1.54, 1.807) is 0 Å². The Morgan fingerprint density at radius 3 is 2.25 bits per heavy atom. The molecule has 5 aromatic carbocycles. The van der Waals surface area contributed by atoms with E-state index in [-0.39, 0.29) is 32.2 Å². The van der Waals surface area contributed by atoms with Crippen LogP contribution in [0.25, 0.3) is 33.5 Å². The van der Waals surface area contributed by atoms with Crippen molar-refractivity contribution in [2.75, 3.05) is 0 Å². The number of aromatic nitrogens is 2. The molecule has 0 unspecified atom stereocenters. The van der Waals surface area contributed by atoms with Gasteiger partial charge < -0.3 is 19.4 Å². The van der Waals surface area contributed by atoms with Gasteiger partial charge in [-0.3, -0.25) is 0 Å². The van der Waals surface area contributed by atoms with Crippen LogP contribution in [-0.4, -0.2) is 16.7 Å². The van der Waals surface area contributed by atoms with Crippen LogP contribution in [-0.2, 0) is 26.5 Å². The maximum absolute atomic E-state index is 6.51. The first-order valence-electron chi connectivity index (χ1n) is 17.7. The van der Waals surface area contributed by atoms with E-state index in [0.29, 0.717) is 0 Å². The fraction of sp³-hybridized carbons (Fsp3) is 0.149. The molecule has 0 atom stereocenters. The maximum Gasteiger partial charge on any atom is 3.00 e. The van der Waals surface area contributed by atoms with E-state index < -0.39 is 0 Å². The maximum atomic E-state index is 6.51. The summed E-state index contributed by atoms with van der Waals surface area (Å²) in [6.07, 6.45) is 5.98. The van der Waals surface area contributed by atoms with Crippen molar-refractivity contribution < 1.29 is 29.6 Å². The van der Waals surface area contributed by atoms with Crippen molar-refractivity contribution in [2.24, 2.45) is 5.41 Å². The van der Waals surface area contributed by atoms with Crippen molar-refractivity contribution in [1.82, 2.24) is 9.97 Å². The molecule has 2 aliphatic rings. The van der Waals surface area contributed by atoms with Gasteiger partial charge in [0.25, 0.3) is 0 Å². The molecular formula is C47H38BIrN2O2. The molecule has 4 heterocycles. The number of para-hydroxylation sites is 1. The fourth-order valence-corrected chi connectivity index (χ4v) is 7.07. The largest absolute Gasteiger partial charge is 3.00 e. The standard InChI is InChI=1S/C28H23BNO2.C19H15N.Ir/c1-28(2,3)17-18-14-15-30-22(16-18)19-8-6-10-21-27(19)32-25-13-7-12-24-26(25)29(21)20-9-4-5-11-23(20)31-24;1-14-8-10-16(11-9-14)18-12-19(15(2)20-13-18)17-6-4-3-5-7-17;/h4-7,9-16H,17H2,1-3H3;3-10,12H,1-2H3;/q-1;-2;+3. The summed E-state index contributed by atoms with van der Waals surface area (Å²) in [4.78, 5) is 9.10. The quantitative estimate of drug-likeness (QED) is 0.131. The summed E-state index contributed by atoms with van der Waals surface area (Å²) in [5.41, 5.74) is 13.2. The van der Waals surface area contributed by atoms with Crippen LogP contribution in [0.15, 0.2) is 128 Å². The molecule has 0 bridgehead atoms. The second-order valence-corrected chi connectivity index (χ2v) is 14.7. The second kappa shape index (κ2) is 15.0. The fourth-order valence-electron chi connectivity index (χ4n) is 7.07. The van der Waals surface area contributed by atoms with E-state index in [1.807, 2.05) is 73.8 Å². The monoisotopic (exact) mass is 866 g/mol. The Hall–Kier alpha value is -5.29. The zero-order valence-corrected chi connectivity index (χ0v) is 32.8. The number of fused-ring (bicyclic) bond motifs is 4. The Morgan fingerprint density at radius 2 is 1.47 bits per heavy atom. The van der Waals surface area contributed by atoms with E-state index >= 15 is 0 Å². The molecule has 0 saturated heterocycles. The van der Waals surface area contributed by atoms with Gasteiger partial charge in [-0.05, 0) is 58.5 Å². The molecule has 0 amide bonds. The summed E-state index contributed by atoms with van der Waals surface area (Å²) in [5.74, 6) is 3.42. The normalized spacial score (nSPS) is 12.1. The summed E-state index contributed by atoms with van der Waals surface area (Å²) in [7, 11) is 0. The van der Waals surface area contributed by atoms with Gasteiger partial charge in [-0.1, -0.05) is 118 Å². The average Bonchev–Trinajstić information content (AvgIpc) is 3.15. The number of hydrogen-bond donors (Lipinski definition) is 0. The van der Waals surface area contributed by atoms with Gasteiger partial charge in [0.2, 0.25) is 6.71 Å². The molecule has 9 rings (SSSR count). The van der Waals surface area contributed by atoms with E-state index in [9.17, 15) is 0 Å². The molecule has 0 spiro atoms. The molecule has 0 N–H and O–H groups in total. The van der Waals surface area contributed by atoms with E-state index in [0.717, 1.165) is 79.4 Å². The topological polar surface area (TPSA) is 44.2 Å². The summed E-state index contributed by atoms with van der Waals surface area (Å²) in [5, 5.41) is 0. The summed E-state index contributed by atoms with van der Waals surface area (Å²) >= 11 is 0. The zero-order valence-electron chi connectivity index (χ0n) is 30.5. The number of nitrogens with zero attached hydrogens (tertiary/aromatic N) is 2. The Kier molecular flexibility index (Phi) is 10.2. The molecule has 0 radical (unpaired) electrons. The average molecular weight is 866 g/mol. The first-order chi connectivity index (χ1) is 25.2. The van der Waals surface area contributed by atoms with Gasteiger partial charge in [-0.15, -0.1) is 29.2 Å². The summed E-state index contributed by atoms with van der Waals surface area (Å²) in [6, 6.07) is 48.0. The van der Waals surface area contributed by atoms with Crippen LogP contribution < -0.4 is 25.9 Å². The third-order valence-corrected chi connectivity index (χ3v) is 9.45. The van der Waals surface area contributed by atoms with Gasteiger partial charge >= 0.3 is 20.1 Å². The van der Waals surface area contributed by atoms with Gasteiger partial charge in [0.05, 0.1) is 0 Å². The molecule has 6 heteroatoms. The van der Waals surface area contributed by atoms with Crippen LogP contribution in [0.1, 0.15) is 37.6 Å². The van der Waals surface area contributed by atoms with Crippen LogP contribution in [0.2, 0.25) is 0 Å². The number of pyridine rings is 2. The number of hydrogen-bond acceptors (Lipinski definition) is 4. The molecule has 7 aromatic rings. The molecule has 2 aliphatic heterocycles. The molecule has 260 valence electrons. The van der Waals surface area contributed by atoms with Crippen molar-refractivity contribution in [1.29, 1.82) is 0 Å². The van der Waals surface area contributed by atoms with E-state index in [1.165, 1.54) is 16.7 Å². The predicted octanol–water partition coefficient (Wildman–Crippen LogP) is 9.50. The van der Waals surface area contributed by atoms with E-state index in [2.05, 4.69) is 112 Å². The van der Waals surface area contributed by atoms with Crippen molar-refractivity contribution in [3.8, 4) is 56.5 Å². The minimum Gasteiger partial charge on any atom is -0.503 e. The molecule has 53 heavy (non-hydrogen) atoms. The van der Waals surface area contributed by atoms with Crippen LogP contribution in [0.3, 0.4) is 0 Å². The predicted molar refractivity (Wildman–Crippen MR) is 212 cm³/mol. The Morgan fingerprint density at radius 1 is 0.717 bits per heavy atom. The van der Waals surface area contributed by atoms with Gasteiger partial charge in [0.15, 0.2) is 0 Å². The SMILES string of the molecule is CC(C)(C)Cc1ccnc(-c2[c-]ccc3c2Oc2cccc4c2B3c2ccccc2O4)c1.Cc1c[c-]c(-c2[c-]nc(C)c(-c3ccccc3)c2)cc1.[Ir+3]. The molecule has 0 saturated carbocycles. The van der Waals surface area contributed by atoms with Crippen LogP contribution in [0.4, 0.5) is 0 Å². The molecule has 4 nitrogen and oxygen atoms in total. The van der Waals surface area contributed by atoms with Crippen molar-refractivity contribution in [3.05, 3.63) is 163 Å². The van der Waals surface area contributed by atoms with Crippen LogP contribution in [0, 0.1) is 37.6 Å². The first kappa shape index (κ1) is 36.1. The van der Waals surface area contributed by atoms with Crippen LogP contribution >= 0.6 is 0 Å². The minimum absolute atomic E-state index is 0. The van der Waals surface area contributed by atoms with Crippen LogP contribution in [0.5, 0.6) is 23.0 Å². The Labute approximate surface area is 326 Å². The van der Waals surface area contributed by atoms with Crippen molar-refractivity contribution in [3.63, 3.8) is 0 Å². The van der Waals surface area contributed by atoms with Gasteiger partial charge in [0, 0.05) is 17.4 Å². The van der Waals surface area contributed by atoms with Gasteiger partial charge in [-0.25, -0.2) is 11.1 Å². The smallest absolute Gasteiger partial charge is 0.503 e. The molecule has 0 aliphatic carbocycles. The number of rotatable bonds is 4. The van der Waals surface area contributed by atoms with Gasteiger partial charge in [0.1, 0.15) is 17.2 Å².